The summed E-state index contributed by atoms with van der Waals surface area (Å²) in [5.74, 6) is 0. The van der Waals surface area contributed by atoms with Crippen LogP contribution in [0.15, 0.2) is 72.8 Å². The Labute approximate surface area is 259 Å². The molecular weight excluding hydrogens is 546 g/mol. The standard InChI is InChI=1S/C38H54N2P2/c1-37(2,3)42(38(4,5)6)28-32-24-36(30-17-11-8-12-18-30)35(29-15-9-7-10-16-29)23-31(32)27-41(33-19-13-21-39-25-33)34-20-14-22-40-26-34/h7-12,15-18,23-24,33-34,39-40H,13-14,19-22,25-28H2,1-6H3. The van der Waals surface area contributed by atoms with E-state index in [2.05, 4.69) is 125 Å². The Bertz CT molecular complexity index is 1230. The van der Waals surface area contributed by atoms with Crippen LogP contribution in [0.3, 0.4) is 0 Å². The van der Waals surface area contributed by atoms with Crippen LogP contribution in [0.2, 0.25) is 0 Å². The maximum Gasteiger partial charge on any atom is 0.00191 e. The van der Waals surface area contributed by atoms with Gasteiger partial charge in [-0.05, 0) is 118 Å². The monoisotopic (exact) mass is 600 g/mol. The second-order valence-corrected chi connectivity index (χ2v) is 21.2. The molecule has 5 rings (SSSR count). The van der Waals surface area contributed by atoms with Gasteiger partial charge in [0.05, 0.1) is 0 Å². The lowest BCUT2D eigenvalue weighted by atomic mass is 9.91. The number of hydrogen-bond donors (Lipinski definition) is 2. The summed E-state index contributed by atoms with van der Waals surface area (Å²) in [4.78, 5) is 0. The Morgan fingerprint density at radius 1 is 0.619 bits per heavy atom. The maximum atomic E-state index is 3.79. The van der Waals surface area contributed by atoms with Gasteiger partial charge < -0.3 is 10.6 Å². The Hall–Kier alpha value is -1.56. The molecule has 2 fully saturated rings. The van der Waals surface area contributed by atoms with Gasteiger partial charge in [0.15, 0.2) is 0 Å². The summed E-state index contributed by atoms with van der Waals surface area (Å²) >= 11 is 0. The van der Waals surface area contributed by atoms with E-state index in [9.17, 15) is 0 Å². The fraction of sp³-hybridized carbons (Fsp3) is 0.526. The highest BCUT2D eigenvalue weighted by molar-refractivity contribution is 7.60. The van der Waals surface area contributed by atoms with Crippen LogP contribution in [0.5, 0.6) is 0 Å². The first-order valence-corrected chi connectivity index (χ1v) is 19.5. The molecule has 2 unspecified atom stereocenters. The molecule has 0 amide bonds. The minimum absolute atomic E-state index is 0.134. The van der Waals surface area contributed by atoms with Gasteiger partial charge in [0.25, 0.3) is 0 Å². The molecule has 0 saturated carbocycles. The minimum Gasteiger partial charge on any atom is -0.316 e. The molecule has 2 aliphatic rings. The Morgan fingerprint density at radius 2 is 1.05 bits per heavy atom. The highest BCUT2D eigenvalue weighted by atomic mass is 31.1. The molecule has 2 nitrogen and oxygen atoms in total. The molecule has 0 spiro atoms. The van der Waals surface area contributed by atoms with Crippen LogP contribution in [0.25, 0.3) is 22.3 Å². The number of piperidine rings is 2. The van der Waals surface area contributed by atoms with Gasteiger partial charge in [0, 0.05) is 13.1 Å². The molecule has 0 bridgehead atoms. The molecule has 0 radical (unpaired) electrons. The topological polar surface area (TPSA) is 24.1 Å². The van der Waals surface area contributed by atoms with Crippen LogP contribution in [0, 0.1) is 0 Å². The number of nitrogens with one attached hydrogen (secondary N) is 2. The van der Waals surface area contributed by atoms with Crippen LogP contribution >= 0.6 is 15.8 Å². The van der Waals surface area contributed by atoms with Crippen LogP contribution in [0.4, 0.5) is 0 Å². The number of benzene rings is 3. The molecule has 42 heavy (non-hydrogen) atoms. The van der Waals surface area contributed by atoms with Crippen molar-refractivity contribution in [2.75, 3.05) is 26.2 Å². The van der Waals surface area contributed by atoms with Crippen molar-refractivity contribution in [3.05, 3.63) is 83.9 Å². The fourth-order valence-corrected chi connectivity index (χ4v) is 14.5. The van der Waals surface area contributed by atoms with Gasteiger partial charge in [-0.25, -0.2) is 0 Å². The predicted molar refractivity (Wildman–Crippen MR) is 190 cm³/mol. The van der Waals surface area contributed by atoms with E-state index < -0.39 is 0 Å². The molecule has 2 atom stereocenters. The molecule has 3 aromatic rings. The van der Waals surface area contributed by atoms with E-state index in [4.69, 9.17) is 0 Å². The number of hydrogen-bond acceptors (Lipinski definition) is 2. The fourth-order valence-electron chi connectivity index (χ4n) is 7.33. The van der Waals surface area contributed by atoms with Crippen molar-refractivity contribution in [3.63, 3.8) is 0 Å². The molecule has 2 aliphatic heterocycles. The van der Waals surface area contributed by atoms with Gasteiger partial charge in [0.1, 0.15) is 0 Å². The van der Waals surface area contributed by atoms with E-state index in [0.29, 0.717) is 10.3 Å². The summed E-state index contributed by atoms with van der Waals surface area (Å²) in [5, 5.41) is 8.17. The van der Waals surface area contributed by atoms with Crippen molar-refractivity contribution in [1.29, 1.82) is 0 Å². The third-order valence-corrected chi connectivity index (χ3v) is 16.6. The highest BCUT2D eigenvalue weighted by Gasteiger charge is 2.36. The SMILES string of the molecule is CC(C)(C)P(Cc1cc(-c2ccccc2)c(-c2ccccc2)cc1CP(C1CCCNC1)C1CCCNC1)C(C)(C)C. The van der Waals surface area contributed by atoms with Crippen LogP contribution < -0.4 is 10.6 Å². The molecule has 4 heteroatoms. The molecule has 2 N–H and O–H groups in total. The highest BCUT2D eigenvalue weighted by Crippen LogP contribution is 2.62. The third kappa shape index (κ3) is 7.93. The van der Waals surface area contributed by atoms with Crippen molar-refractivity contribution in [1.82, 2.24) is 10.6 Å². The molecule has 2 saturated heterocycles. The van der Waals surface area contributed by atoms with Crippen molar-refractivity contribution >= 4 is 15.8 Å². The van der Waals surface area contributed by atoms with E-state index in [0.717, 1.165) is 11.3 Å². The average Bonchev–Trinajstić information content (AvgIpc) is 2.99. The first kappa shape index (κ1) is 31.9. The van der Waals surface area contributed by atoms with Crippen molar-refractivity contribution < 1.29 is 0 Å². The molecule has 2 heterocycles. The molecular formula is C38H54N2P2. The largest absolute Gasteiger partial charge is 0.316 e. The predicted octanol–water partition coefficient (Wildman–Crippen LogP) is 10.1. The second kappa shape index (κ2) is 14.0. The van der Waals surface area contributed by atoms with Gasteiger partial charge in [-0.2, -0.15) is 0 Å². The van der Waals surface area contributed by atoms with E-state index in [1.165, 1.54) is 86.4 Å². The van der Waals surface area contributed by atoms with Gasteiger partial charge in [-0.15, -0.1) is 0 Å². The summed E-state index contributed by atoms with van der Waals surface area (Å²) in [7, 11) is -0.386. The first-order valence-electron chi connectivity index (χ1n) is 16.3. The van der Waals surface area contributed by atoms with Gasteiger partial charge in [-0.3, -0.25) is 0 Å². The Kier molecular flexibility index (Phi) is 10.6. The van der Waals surface area contributed by atoms with E-state index in [-0.39, 0.29) is 15.8 Å². The minimum atomic E-state index is -0.252. The van der Waals surface area contributed by atoms with Crippen LogP contribution in [0.1, 0.15) is 78.4 Å². The average molecular weight is 601 g/mol. The van der Waals surface area contributed by atoms with Gasteiger partial charge in [0.2, 0.25) is 0 Å². The zero-order valence-corrected chi connectivity index (χ0v) is 28.8. The van der Waals surface area contributed by atoms with Crippen molar-refractivity contribution in [2.24, 2.45) is 0 Å². The molecule has 226 valence electrons. The lowest BCUT2D eigenvalue weighted by Gasteiger charge is -2.43. The van der Waals surface area contributed by atoms with E-state index >= 15 is 0 Å². The Morgan fingerprint density at radius 3 is 1.43 bits per heavy atom. The lowest BCUT2D eigenvalue weighted by Crippen LogP contribution is -2.39. The smallest absolute Gasteiger partial charge is 0.00191 e. The Balaban J connectivity index is 1.67. The van der Waals surface area contributed by atoms with E-state index in [1.54, 1.807) is 11.1 Å². The second-order valence-electron chi connectivity index (χ2n) is 14.5. The van der Waals surface area contributed by atoms with Gasteiger partial charge in [-0.1, -0.05) is 118 Å². The molecule has 3 aromatic carbocycles. The zero-order chi connectivity index (χ0) is 29.7. The van der Waals surface area contributed by atoms with Crippen molar-refractivity contribution in [3.8, 4) is 22.3 Å². The van der Waals surface area contributed by atoms with E-state index in [1.807, 2.05) is 0 Å². The quantitative estimate of drug-likeness (QED) is 0.252. The summed E-state index contributed by atoms with van der Waals surface area (Å²) in [6, 6.07) is 27.6. The van der Waals surface area contributed by atoms with Crippen LogP contribution in [-0.2, 0) is 12.3 Å². The van der Waals surface area contributed by atoms with Gasteiger partial charge >= 0.3 is 0 Å². The number of rotatable bonds is 8. The summed E-state index contributed by atoms with van der Waals surface area (Å²) < 4.78 is 0. The summed E-state index contributed by atoms with van der Waals surface area (Å²) in [6.07, 6.45) is 7.91. The first-order chi connectivity index (χ1) is 20.1. The maximum absolute atomic E-state index is 3.79. The third-order valence-electron chi connectivity index (χ3n) is 9.29. The summed E-state index contributed by atoms with van der Waals surface area (Å²) in [6.45, 7) is 19.7. The normalized spacial score (nSPS) is 20.9. The zero-order valence-electron chi connectivity index (χ0n) is 27.0. The molecule has 0 aromatic heterocycles. The van der Waals surface area contributed by atoms with Crippen molar-refractivity contribution in [2.45, 2.75) is 101 Å². The van der Waals surface area contributed by atoms with Crippen LogP contribution in [-0.4, -0.2) is 47.8 Å². The lowest BCUT2D eigenvalue weighted by molar-refractivity contribution is 0.500. The molecule has 0 aliphatic carbocycles. The summed E-state index contributed by atoms with van der Waals surface area (Å²) in [5.41, 5.74) is 10.4.